The first-order valence-electron chi connectivity index (χ1n) is 6.23. The zero-order valence-electron chi connectivity index (χ0n) is 11.6. The van der Waals surface area contributed by atoms with Crippen molar-refractivity contribution in [1.82, 2.24) is 9.97 Å². The van der Waals surface area contributed by atoms with Crippen molar-refractivity contribution < 1.29 is 4.92 Å². The molecule has 0 aliphatic heterocycles. The molecule has 6 nitrogen and oxygen atoms in total. The molecule has 0 N–H and O–H groups in total. The largest absolute Gasteiger partial charge is 0.350 e. The van der Waals surface area contributed by atoms with Crippen LogP contribution in [0.1, 0.15) is 27.7 Å². The molecule has 0 aromatic carbocycles. The van der Waals surface area contributed by atoms with E-state index in [9.17, 15) is 10.1 Å². The average molecular weight is 287 g/mol. The second kappa shape index (κ2) is 6.65. The molecule has 1 aromatic heterocycles. The first-order chi connectivity index (χ1) is 8.81. The molecular formula is C12H19ClN4O2. The van der Waals surface area contributed by atoms with E-state index in [1.807, 2.05) is 4.90 Å². The Hall–Kier alpha value is -1.43. The number of nitro groups is 1. The van der Waals surface area contributed by atoms with Crippen LogP contribution >= 0.6 is 11.6 Å². The van der Waals surface area contributed by atoms with Crippen LogP contribution in [0.15, 0.2) is 6.20 Å². The minimum atomic E-state index is -0.473. The van der Waals surface area contributed by atoms with Crippen LogP contribution in [-0.2, 0) is 0 Å². The summed E-state index contributed by atoms with van der Waals surface area (Å²) in [6.07, 6.45) is 1.16. The standard InChI is InChI=1S/C12H19ClN4O2/c1-8(2)6-16(7-9(3)4)11-10(17(18)19)5-14-12(13)15-11/h5,8-9H,6-7H2,1-4H3. The van der Waals surface area contributed by atoms with Gasteiger partial charge >= 0.3 is 5.69 Å². The molecule has 0 aliphatic rings. The van der Waals surface area contributed by atoms with Gasteiger partial charge in [-0.15, -0.1) is 0 Å². The Morgan fingerprint density at radius 1 is 1.32 bits per heavy atom. The van der Waals surface area contributed by atoms with Crippen molar-refractivity contribution in [3.8, 4) is 0 Å². The summed E-state index contributed by atoms with van der Waals surface area (Å²) in [6.45, 7) is 9.60. The Bertz CT molecular complexity index is 441. The van der Waals surface area contributed by atoms with Crippen molar-refractivity contribution in [2.45, 2.75) is 27.7 Å². The number of anilines is 1. The van der Waals surface area contributed by atoms with E-state index in [1.54, 1.807) is 0 Å². The van der Waals surface area contributed by atoms with E-state index in [4.69, 9.17) is 11.6 Å². The second-order valence-corrected chi connectivity index (χ2v) is 5.64. The molecule has 0 aliphatic carbocycles. The fraction of sp³-hybridized carbons (Fsp3) is 0.667. The summed E-state index contributed by atoms with van der Waals surface area (Å²) in [4.78, 5) is 20.2. The Kier molecular flexibility index (Phi) is 5.47. The fourth-order valence-electron chi connectivity index (χ4n) is 1.84. The van der Waals surface area contributed by atoms with Gasteiger partial charge in [-0.1, -0.05) is 27.7 Å². The third-order valence-electron chi connectivity index (χ3n) is 2.39. The van der Waals surface area contributed by atoms with Gasteiger partial charge in [-0.2, -0.15) is 4.98 Å². The van der Waals surface area contributed by atoms with E-state index in [1.165, 1.54) is 6.20 Å². The maximum Gasteiger partial charge on any atom is 0.329 e. The molecule has 1 heterocycles. The molecule has 0 bridgehead atoms. The van der Waals surface area contributed by atoms with Crippen LogP contribution < -0.4 is 4.90 Å². The predicted molar refractivity (Wildman–Crippen MR) is 75.6 cm³/mol. The number of hydrogen-bond acceptors (Lipinski definition) is 5. The van der Waals surface area contributed by atoms with Crippen molar-refractivity contribution in [1.29, 1.82) is 0 Å². The molecule has 1 rings (SSSR count). The van der Waals surface area contributed by atoms with Gasteiger partial charge in [0.25, 0.3) is 0 Å². The molecule has 7 heteroatoms. The molecule has 0 atom stereocenters. The molecule has 0 spiro atoms. The van der Waals surface area contributed by atoms with E-state index in [0.29, 0.717) is 30.7 Å². The highest BCUT2D eigenvalue weighted by atomic mass is 35.5. The van der Waals surface area contributed by atoms with Crippen LogP contribution in [0.25, 0.3) is 0 Å². The van der Waals surface area contributed by atoms with Crippen molar-refractivity contribution in [2.75, 3.05) is 18.0 Å². The number of aromatic nitrogens is 2. The van der Waals surface area contributed by atoms with E-state index in [2.05, 4.69) is 37.7 Å². The molecule has 19 heavy (non-hydrogen) atoms. The summed E-state index contributed by atoms with van der Waals surface area (Å²) >= 11 is 5.77. The zero-order valence-corrected chi connectivity index (χ0v) is 12.4. The lowest BCUT2D eigenvalue weighted by Gasteiger charge is -2.26. The van der Waals surface area contributed by atoms with E-state index in [-0.39, 0.29) is 11.0 Å². The van der Waals surface area contributed by atoms with Gasteiger partial charge in [0.05, 0.1) is 4.92 Å². The Labute approximate surface area is 118 Å². The van der Waals surface area contributed by atoms with Gasteiger partial charge in [0.2, 0.25) is 11.1 Å². The van der Waals surface area contributed by atoms with Gasteiger partial charge in [0, 0.05) is 13.1 Å². The summed E-state index contributed by atoms with van der Waals surface area (Å²) in [5.41, 5.74) is -0.106. The highest BCUT2D eigenvalue weighted by Crippen LogP contribution is 2.27. The van der Waals surface area contributed by atoms with Crippen LogP contribution in [0.5, 0.6) is 0 Å². The summed E-state index contributed by atoms with van der Waals surface area (Å²) in [7, 11) is 0. The van der Waals surface area contributed by atoms with Gasteiger partial charge in [0.1, 0.15) is 6.20 Å². The molecule has 0 amide bonds. The third kappa shape index (κ3) is 4.63. The SMILES string of the molecule is CC(C)CN(CC(C)C)c1nc(Cl)ncc1[N+](=O)[O-]. The molecule has 0 saturated heterocycles. The zero-order chi connectivity index (χ0) is 14.6. The number of hydrogen-bond donors (Lipinski definition) is 0. The van der Waals surface area contributed by atoms with Gasteiger partial charge < -0.3 is 4.90 Å². The summed E-state index contributed by atoms with van der Waals surface area (Å²) < 4.78 is 0. The van der Waals surface area contributed by atoms with Crippen LogP contribution in [0.2, 0.25) is 5.28 Å². The van der Waals surface area contributed by atoms with Crippen LogP contribution in [0, 0.1) is 22.0 Å². The van der Waals surface area contributed by atoms with Gasteiger partial charge in [0.15, 0.2) is 0 Å². The van der Waals surface area contributed by atoms with Crippen LogP contribution in [0.4, 0.5) is 11.5 Å². The van der Waals surface area contributed by atoms with Crippen LogP contribution in [-0.4, -0.2) is 28.0 Å². The Balaban J connectivity index is 3.18. The molecule has 0 saturated carbocycles. The van der Waals surface area contributed by atoms with E-state index in [0.717, 1.165) is 0 Å². The predicted octanol–water partition coefficient (Wildman–Crippen LogP) is 3.16. The summed E-state index contributed by atoms with van der Waals surface area (Å²) in [5.74, 6) is 1.03. The molecule has 0 radical (unpaired) electrons. The molecule has 0 unspecified atom stereocenters. The van der Waals surface area contributed by atoms with E-state index < -0.39 is 4.92 Å². The minimum Gasteiger partial charge on any atom is -0.350 e. The quantitative estimate of drug-likeness (QED) is 0.456. The van der Waals surface area contributed by atoms with Crippen molar-refractivity contribution in [3.63, 3.8) is 0 Å². The van der Waals surface area contributed by atoms with Gasteiger partial charge in [-0.25, -0.2) is 4.98 Å². The number of nitrogens with zero attached hydrogens (tertiary/aromatic N) is 4. The number of halogens is 1. The molecule has 1 aromatic rings. The Morgan fingerprint density at radius 2 is 1.84 bits per heavy atom. The highest BCUT2D eigenvalue weighted by Gasteiger charge is 2.23. The lowest BCUT2D eigenvalue weighted by molar-refractivity contribution is -0.384. The lowest BCUT2D eigenvalue weighted by atomic mass is 10.1. The molecular weight excluding hydrogens is 268 g/mol. The maximum absolute atomic E-state index is 11.1. The fourth-order valence-corrected chi connectivity index (χ4v) is 1.97. The van der Waals surface area contributed by atoms with Crippen LogP contribution in [0.3, 0.4) is 0 Å². The lowest BCUT2D eigenvalue weighted by Crippen LogP contribution is -2.32. The van der Waals surface area contributed by atoms with Crippen molar-refractivity contribution in [3.05, 3.63) is 21.6 Å². The first kappa shape index (κ1) is 15.6. The third-order valence-corrected chi connectivity index (χ3v) is 2.57. The monoisotopic (exact) mass is 286 g/mol. The normalized spacial score (nSPS) is 11.1. The molecule has 0 fully saturated rings. The first-order valence-corrected chi connectivity index (χ1v) is 6.61. The summed E-state index contributed by atoms with van der Waals surface area (Å²) in [5, 5.41) is 11.1. The molecule has 106 valence electrons. The second-order valence-electron chi connectivity index (χ2n) is 5.30. The van der Waals surface area contributed by atoms with E-state index >= 15 is 0 Å². The number of rotatable bonds is 6. The average Bonchev–Trinajstić information content (AvgIpc) is 2.26. The maximum atomic E-state index is 11.1. The topological polar surface area (TPSA) is 72.2 Å². The van der Waals surface area contributed by atoms with Crippen molar-refractivity contribution >= 4 is 23.1 Å². The highest BCUT2D eigenvalue weighted by molar-refractivity contribution is 6.28. The van der Waals surface area contributed by atoms with Crippen molar-refractivity contribution in [2.24, 2.45) is 11.8 Å². The Morgan fingerprint density at radius 3 is 2.26 bits per heavy atom. The smallest absolute Gasteiger partial charge is 0.329 e. The minimum absolute atomic E-state index is 0.0260. The summed E-state index contributed by atoms with van der Waals surface area (Å²) in [6, 6.07) is 0. The van der Waals surface area contributed by atoms with Gasteiger partial charge in [-0.3, -0.25) is 10.1 Å². The van der Waals surface area contributed by atoms with Gasteiger partial charge in [-0.05, 0) is 23.4 Å².